The Balaban J connectivity index is 2.81. The van der Waals surface area contributed by atoms with Crippen molar-refractivity contribution in [3.8, 4) is 0 Å². The Morgan fingerprint density at radius 2 is 2.00 bits per heavy atom. The van der Waals surface area contributed by atoms with Gasteiger partial charge in [-0.15, -0.1) is 0 Å². The van der Waals surface area contributed by atoms with Crippen molar-refractivity contribution in [2.75, 3.05) is 5.33 Å². The lowest BCUT2D eigenvalue weighted by Gasteiger charge is -2.03. The molecule has 1 rings (SSSR count). The number of carbonyl (C=O) groups is 1. The van der Waals surface area contributed by atoms with Gasteiger partial charge in [-0.3, -0.25) is 4.79 Å². The average Bonchev–Trinajstić information content (AvgIpc) is 2.18. The van der Waals surface area contributed by atoms with Gasteiger partial charge in [0.15, 0.2) is 0 Å². The van der Waals surface area contributed by atoms with E-state index in [9.17, 15) is 4.79 Å². The highest BCUT2D eigenvalue weighted by Gasteiger charge is 2.04. The third kappa shape index (κ3) is 3.48. The van der Waals surface area contributed by atoms with Crippen LogP contribution in [0, 0.1) is 0 Å². The zero-order valence-electron chi connectivity index (χ0n) is 7.40. The first kappa shape index (κ1) is 12.4. The summed E-state index contributed by atoms with van der Waals surface area (Å²) in [6.45, 7) is 0. The Bertz CT molecular complexity index is 336. The van der Waals surface area contributed by atoms with E-state index < -0.39 is 0 Å². The van der Waals surface area contributed by atoms with Gasteiger partial charge >= 0.3 is 0 Å². The van der Waals surface area contributed by atoms with Gasteiger partial charge in [-0.2, -0.15) is 0 Å². The van der Waals surface area contributed by atoms with Crippen LogP contribution in [-0.2, 0) is 16.5 Å². The molecule has 0 saturated heterocycles. The van der Waals surface area contributed by atoms with E-state index in [2.05, 4.69) is 47.8 Å². The molecule has 0 unspecified atom stereocenters. The summed E-state index contributed by atoms with van der Waals surface area (Å²) in [5.74, 6) is 0.198. The largest absolute Gasteiger partial charge is 0.298 e. The van der Waals surface area contributed by atoms with Crippen LogP contribution in [0.4, 0.5) is 0 Å². The van der Waals surface area contributed by atoms with Crippen LogP contribution in [0.5, 0.6) is 0 Å². The number of alkyl halides is 2. The second-order valence-corrected chi connectivity index (χ2v) is 4.88. The molecule has 0 aliphatic rings. The van der Waals surface area contributed by atoms with Gasteiger partial charge in [0.1, 0.15) is 5.78 Å². The minimum atomic E-state index is 0.198. The third-order valence-electron chi connectivity index (χ3n) is 1.81. The van der Waals surface area contributed by atoms with Gasteiger partial charge in [-0.05, 0) is 17.2 Å². The van der Waals surface area contributed by atoms with Crippen LogP contribution in [0.25, 0.3) is 0 Å². The molecule has 1 aromatic carbocycles. The second-order valence-electron chi connectivity index (χ2n) is 2.91. The van der Waals surface area contributed by atoms with E-state index >= 15 is 0 Å². The van der Waals surface area contributed by atoms with Gasteiger partial charge in [0.05, 0.1) is 5.33 Å². The van der Waals surface area contributed by atoms with Crippen LogP contribution in [0.3, 0.4) is 0 Å². The van der Waals surface area contributed by atoms with E-state index in [4.69, 9.17) is 0 Å². The third-order valence-corrected chi connectivity index (χ3v) is 3.78. The summed E-state index contributed by atoms with van der Waals surface area (Å²) >= 11 is 10.0. The predicted molar refractivity (Wildman–Crippen MR) is 69.3 cm³/mol. The maximum absolute atomic E-state index is 11.2. The number of hydrogen-bond donors (Lipinski definition) is 0. The van der Waals surface area contributed by atoms with Gasteiger partial charge in [0.25, 0.3) is 0 Å². The van der Waals surface area contributed by atoms with Crippen molar-refractivity contribution in [2.45, 2.75) is 11.8 Å². The molecule has 0 fully saturated rings. The standard InChI is InChI=1S/C10H9Br3O/c11-5-8-2-1-7(4-10(8)13)3-9(14)6-12/h1-2,4H,3,5-6H2. The highest BCUT2D eigenvalue weighted by molar-refractivity contribution is 9.10. The van der Waals surface area contributed by atoms with Crippen molar-refractivity contribution in [1.29, 1.82) is 0 Å². The molecule has 0 amide bonds. The van der Waals surface area contributed by atoms with E-state index in [-0.39, 0.29) is 5.78 Å². The molecule has 0 bridgehead atoms. The van der Waals surface area contributed by atoms with Crippen molar-refractivity contribution >= 4 is 53.6 Å². The van der Waals surface area contributed by atoms with Crippen LogP contribution >= 0.6 is 47.8 Å². The molecule has 0 aliphatic heterocycles. The Morgan fingerprint density at radius 3 is 2.50 bits per heavy atom. The number of benzene rings is 1. The number of Topliss-reactive ketones (excluding diaryl/α,β-unsaturated/α-hetero) is 1. The monoisotopic (exact) mass is 382 g/mol. The Kier molecular flexibility index (Phi) is 5.34. The molecule has 1 nitrogen and oxygen atoms in total. The molecule has 0 atom stereocenters. The highest BCUT2D eigenvalue weighted by atomic mass is 79.9. The molecular weight excluding hydrogens is 376 g/mol. The van der Waals surface area contributed by atoms with Crippen LogP contribution in [0.15, 0.2) is 22.7 Å². The van der Waals surface area contributed by atoms with Crippen LogP contribution in [-0.4, -0.2) is 11.1 Å². The van der Waals surface area contributed by atoms with E-state index in [1.54, 1.807) is 0 Å². The first-order valence-electron chi connectivity index (χ1n) is 4.08. The van der Waals surface area contributed by atoms with Crippen molar-refractivity contribution in [3.05, 3.63) is 33.8 Å². The summed E-state index contributed by atoms with van der Waals surface area (Å²) in [6.07, 6.45) is 0.492. The number of ketones is 1. The fourth-order valence-electron chi connectivity index (χ4n) is 1.08. The lowest BCUT2D eigenvalue weighted by Crippen LogP contribution is -2.03. The maximum atomic E-state index is 11.2. The van der Waals surface area contributed by atoms with Crippen molar-refractivity contribution in [1.82, 2.24) is 0 Å². The van der Waals surface area contributed by atoms with Gasteiger partial charge in [-0.25, -0.2) is 0 Å². The number of carbonyl (C=O) groups excluding carboxylic acids is 1. The molecule has 0 N–H and O–H groups in total. The fourth-order valence-corrected chi connectivity index (χ4v) is 2.71. The smallest absolute Gasteiger partial charge is 0.147 e. The summed E-state index contributed by atoms with van der Waals surface area (Å²) in [6, 6.07) is 6.01. The minimum absolute atomic E-state index is 0.198. The summed E-state index contributed by atoms with van der Waals surface area (Å²) in [7, 11) is 0. The topological polar surface area (TPSA) is 17.1 Å². The molecule has 0 saturated carbocycles. The molecule has 0 aromatic heterocycles. The van der Waals surface area contributed by atoms with Crippen LogP contribution < -0.4 is 0 Å². The fraction of sp³-hybridized carbons (Fsp3) is 0.300. The Hall–Kier alpha value is 0.330. The summed E-state index contributed by atoms with van der Waals surface area (Å²) < 4.78 is 1.05. The number of hydrogen-bond acceptors (Lipinski definition) is 1. The SMILES string of the molecule is O=C(CBr)Cc1ccc(CBr)c(Br)c1. The van der Waals surface area contributed by atoms with Gasteiger partial charge in [0.2, 0.25) is 0 Å². The summed E-state index contributed by atoms with van der Waals surface area (Å²) in [5.41, 5.74) is 2.24. The first-order chi connectivity index (χ1) is 6.67. The first-order valence-corrected chi connectivity index (χ1v) is 7.12. The van der Waals surface area contributed by atoms with Gasteiger partial charge in [0, 0.05) is 16.2 Å². The highest BCUT2D eigenvalue weighted by Crippen LogP contribution is 2.21. The van der Waals surface area contributed by atoms with E-state index in [0.717, 1.165) is 15.4 Å². The second kappa shape index (κ2) is 6.03. The number of rotatable bonds is 4. The molecule has 4 heteroatoms. The summed E-state index contributed by atoms with van der Waals surface area (Å²) in [5, 5.41) is 1.24. The maximum Gasteiger partial charge on any atom is 0.147 e. The van der Waals surface area contributed by atoms with Crippen LogP contribution in [0.1, 0.15) is 11.1 Å². The lowest BCUT2D eigenvalue weighted by atomic mass is 10.1. The predicted octanol–water partition coefficient (Wildman–Crippen LogP) is 3.85. The van der Waals surface area contributed by atoms with E-state index in [1.165, 1.54) is 5.56 Å². The van der Waals surface area contributed by atoms with Crippen molar-refractivity contribution in [2.24, 2.45) is 0 Å². The Labute approximate surface area is 109 Å². The zero-order valence-corrected chi connectivity index (χ0v) is 12.2. The van der Waals surface area contributed by atoms with E-state index in [1.807, 2.05) is 18.2 Å². The quantitative estimate of drug-likeness (QED) is 0.721. The molecule has 0 radical (unpaired) electrons. The molecule has 0 aliphatic carbocycles. The van der Waals surface area contributed by atoms with Crippen LogP contribution in [0.2, 0.25) is 0 Å². The summed E-state index contributed by atoms with van der Waals surface area (Å²) in [4.78, 5) is 11.2. The normalized spacial score (nSPS) is 10.2. The molecule has 76 valence electrons. The van der Waals surface area contributed by atoms with Gasteiger partial charge < -0.3 is 0 Å². The van der Waals surface area contributed by atoms with Crippen molar-refractivity contribution < 1.29 is 4.79 Å². The minimum Gasteiger partial charge on any atom is -0.298 e. The van der Waals surface area contributed by atoms with Crippen molar-refractivity contribution in [3.63, 3.8) is 0 Å². The zero-order chi connectivity index (χ0) is 10.6. The lowest BCUT2D eigenvalue weighted by molar-refractivity contribution is -0.115. The Morgan fingerprint density at radius 1 is 1.29 bits per heavy atom. The molecule has 0 heterocycles. The molecular formula is C10H9Br3O. The number of halogens is 3. The molecule has 0 spiro atoms. The molecule has 14 heavy (non-hydrogen) atoms. The average molecular weight is 385 g/mol. The molecule has 1 aromatic rings. The van der Waals surface area contributed by atoms with Gasteiger partial charge in [-0.1, -0.05) is 59.9 Å². The van der Waals surface area contributed by atoms with E-state index in [0.29, 0.717) is 11.8 Å².